The van der Waals surface area contributed by atoms with Gasteiger partial charge in [0.05, 0.1) is 5.02 Å². The first-order chi connectivity index (χ1) is 9.61. The molecule has 1 N–H and O–H groups in total. The standard InChI is InChI=1S/C15H15ClF2N2/c1-2-20-15(12-5-6-19-9-13(12)16)7-10-3-4-11(17)8-14(10)18/h3-6,8-9,15,20H,2,7H2,1H3. The fourth-order valence-corrected chi connectivity index (χ4v) is 2.37. The van der Waals surface area contributed by atoms with Gasteiger partial charge in [0.15, 0.2) is 0 Å². The highest BCUT2D eigenvalue weighted by Gasteiger charge is 2.16. The van der Waals surface area contributed by atoms with Crippen molar-refractivity contribution in [2.24, 2.45) is 0 Å². The zero-order valence-corrected chi connectivity index (χ0v) is 11.8. The second-order valence-electron chi connectivity index (χ2n) is 4.45. The highest BCUT2D eigenvalue weighted by molar-refractivity contribution is 6.31. The molecule has 0 bridgehead atoms. The lowest BCUT2D eigenvalue weighted by Gasteiger charge is -2.19. The third-order valence-corrected chi connectivity index (χ3v) is 3.38. The predicted molar refractivity (Wildman–Crippen MR) is 75.7 cm³/mol. The van der Waals surface area contributed by atoms with Gasteiger partial charge in [0.1, 0.15) is 11.6 Å². The number of halogens is 3. The van der Waals surface area contributed by atoms with Crippen molar-refractivity contribution >= 4 is 11.6 Å². The van der Waals surface area contributed by atoms with Crippen molar-refractivity contribution in [1.29, 1.82) is 0 Å². The molecular formula is C15H15ClF2N2. The van der Waals surface area contributed by atoms with E-state index in [1.54, 1.807) is 18.5 Å². The average Bonchev–Trinajstić information content (AvgIpc) is 2.42. The normalized spacial score (nSPS) is 12.4. The summed E-state index contributed by atoms with van der Waals surface area (Å²) in [5.74, 6) is -1.12. The van der Waals surface area contributed by atoms with E-state index in [4.69, 9.17) is 11.6 Å². The Kier molecular flexibility index (Phi) is 5.04. The van der Waals surface area contributed by atoms with E-state index in [9.17, 15) is 8.78 Å². The number of hydrogen-bond acceptors (Lipinski definition) is 2. The number of rotatable bonds is 5. The monoisotopic (exact) mass is 296 g/mol. The second kappa shape index (κ2) is 6.77. The van der Waals surface area contributed by atoms with Crippen LogP contribution in [0, 0.1) is 11.6 Å². The first kappa shape index (κ1) is 14.9. The summed E-state index contributed by atoms with van der Waals surface area (Å²) in [4.78, 5) is 3.94. The molecule has 106 valence electrons. The molecule has 0 aliphatic carbocycles. The number of nitrogens with one attached hydrogen (secondary N) is 1. The predicted octanol–water partition coefficient (Wildman–Crippen LogP) is 3.91. The Morgan fingerprint density at radius 3 is 2.75 bits per heavy atom. The molecule has 0 amide bonds. The summed E-state index contributed by atoms with van der Waals surface area (Å²) >= 11 is 6.13. The van der Waals surface area contributed by atoms with Crippen LogP contribution in [0.2, 0.25) is 5.02 Å². The smallest absolute Gasteiger partial charge is 0.129 e. The summed E-state index contributed by atoms with van der Waals surface area (Å²) in [6, 6.07) is 5.28. The summed E-state index contributed by atoms with van der Waals surface area (Å²) in [6.45, 7) is 2.68. The van der Waals surface area contributed by atoms with Crippen LogP contribution in [-0.4, -0.2) is 11.5 Å². The topological polar surface area (TPSA) is 24.9 Å². The maximum atomic E-state index is 13.8. The van der Waals surface area contributed by atoms with Crippen LogP contribution >= 0.6 is 11.6 Å². The van der Waals surface area contributed by atoms with Crippen molar-refractivity contribution in [3.8, 4) is 0 Å². The van der Waals surface area contributed by atoms with Gasteiger partial charge in [-0.3, -0.25) is 4.98 Å². The third-order valence-electron chi connectivity index (χ3n) is 3.07. The van der Waals surface area contributed by atoms with Gasteiger partial charge in [-0.15, -0.1) is 0 Å². The fourth-order valence-electron chi connectivity index (χ4n) is 2.11. The summed E-state index contributed by atoms with van der Waals surface area (Å²) in [5, 5.41) is 3.79. The molecule has 0 radical (unpaired) electrons. The van der Waals surface area contributed by atoms with Crippen molar-refractivity contribution in [2.45, 2.75) is 19.4 Å². The number of hydrogen-bond donors (Lipinski definition) is 1. The van der Waals surface area contributed by atoms with Crippen LogP contribution in [0.4, 0.5) is 8.78 Å². The number of pyridine rings is 1. The molecule has 1 aromatic heterocycles. The molecular weight excluding hydrogens is 282 g/mol. The molecule has 0 saturated heterocycles. The minimum Gasteiger partial charge on any atom is -0.310 e. The van der Waals surface area contributed by atoms with Crippen molar-refractivity contribution in [1.82, 2.24) is 10.3 Å². The van der Waals surface area contributed by atoms with Gasteiger partial charge in [-0.2, -0.15) is 0 Å². The van der Waals surface area contributed by atoms with Crippen LogP contribution in [0.3, 0.4) is 0 Å². The van der Waals surface area contributed by atoms with Crippen molar-refractivity contribution in [2.75, 3.05) is 6.54 Å². The highest BCUT2D eigenvalue weighted by Crippen LogP contribution is 2.26. The molecule has 2 aromatic rings. The molecule has 1 unspecified atom stereocenters. The van der Waals surface area contributed by atoms with E-state index < -0.39 is 11.6 Å². The Morgan fingerprint density at radius 2 is 2.10 bits per heavy atom. The minimum absolute atomic E-state index is 0.143. The average molecular weight is 297 g/mol. The maximum absolute atomic E-state index is 13.8. The number of likely N-dealkylation sites (N-methyl/N-ethyl adjacent to an activating group) is 1. The van der Waals surface area contributed by atoms with E-state index in [0.717, 1.165) is 11.6 Å². The summed E-state index contributed by atoms with van der Waals surface area (Å²) in [5.41, 5.74) is 1.30. The molecule has 1 aromatic carbocycles. The van der Waals surface area contributed by atoms with E-state index in [2.05, 4.69) is 10.3 Å². The van der Waals surface area contributed by atoms with Gasteiger partial charge in [0, 0.05) is 24.5 Å². The minimum atomic E-state index is -0.576. The van der Waals surface area contributed by atoms with E-state index in [1.807, 2.05) is 6.92 Å². The second-order valence-corrected chi connectivity index (χ2v) is 4.85. The Balaban J connectivity index is 2.28. The summed E-state index contributed by atoms with van der Waals surface area (Å²) < 4.78 is 26.7. The molecule has 2 rings (SSSR count). The Hall–Kier alpha value is -1.52. The SMILES string of the molecule is CCNC(Cc1ccc(F)cc1F)c1ccncc1Cl. The van der Waals surface area contributed by atoms with Gasteiger partial charge < -0.3 is 5.32 Å². The van der Waals surface area contributed by atoms with Gasteiger partial charge in [-0.05, 0) is 36.2 Å². The van der Waals surface area contributed by atoms with E-state index in [-0.39, 0.29) is 6.04 Å². The maximum Gasteiger partial charge on any atom is 0.129 e. The molecule has 1 atom stereocenters. The van der Waals surface area contributed by atoms with E-state index >= 15 is 0 Å². The first-order valence-corrected chi connectivity index (χ1v) is 6.76. The zero-order chi connectivity index (χ0) is 14.5. The number of aromatic nitrogens is 1. The van der Waals surface area contributed by atoms with Gasteiger partial charge in [-0.1, -0.05) is 24.6 Å². The lowest BCUT2D eigenvalue weighted by molar-refractivity contribution is 0.521. The van der Waals surface area contributed by atoms with Gasteiger partial charge in [-0.25, -0.2) is 8.78 Å². The van der Waals surface area contributed by atoms with Crippen LogP contribution in [0.5, 0.6) is 0 Å². The van der Waals surface area contributed by atoms with Crippen molar-refractivity contribution in [3.05, 3.63) is 64.4 Å². The third kappa shape index (κ3) is 3.52. The van der Waals surface area contributed by atoms with Crippen molar-refractivity contribution < 1.29 is 8.78 Å². The highest BCUT2D eigenvalue weighted by atomic mass is 35.5. The molecule has 5 heteroatoms. The van der Waals surface area contributed by atoms with Gasteiger partial charge in [0.25, 0.3) is 0 Å². The molecule has 20 heavy (non-hydrogen) atoms. The first-order valence-electron chi connectivity index (χ1n) is 6.38. The Morgan fingerprint density at radius 1 is 1.30 bits per heavy atom. The lowest BCUT2D eigenvalue weighted by atomic mass is 9.99. The Bertz CT molecular complexity index is 590. The van der Waals surface area contributed by atoms with Crippen LogP contribution < -0.4 is 5.32 Å². The quantitative estimate of drug-likeness (QED) is 0.905. The fraction of sp³-hybridized carbons (Fsp3) is 0.267. The molecule has 1 heterocycles. The molecule has 0 spiro atoms. The molecule has 0 saturated carbocycles. The van der Waals surface area contributed by atoms with E-state index in [0.29, 0.717) is 23.6 Å². The van der Waals surface area contributed by atoms with Gasteiger partial charge in [0.2, 0.25) is 0 Å². The molecule has 0 aliphatic heterocycles. The zero-order valence-electron chi connectivity index (χ0n) is 11.0. The number of benzene rings is 1. The van der Waals surface area contributed by atoms with Gasteiger partial charge >= 0.3 is 0 Å². The van der Waals surface area contributed by atoms with Crippen LogP contribution in [0.15, 0.2) is 36.7 Å². The largest absolute Gasteiger partial charge is 0.310 e. The van der Waals surface area contributed by atoms with Crippen LogP contribution in [-0.2, 0) is 6.42 Å². The number of nitrogens with zero attached hydrogens (tertiary/aromatic N) is 1. The van der Waals surface area contributed by atoms with Crippen LogP contribution in [0.1, 0.15) is 24.1 Å². The molecule has 2 nitrogen and oxygen atoms in total. The van der Waals surface area contributed by atoms with Crippen molar-refractivity contribution in [3.63, 3.8) is 0 Å². The Labute approximate surface area is 121 Å². The lowest BCUT2D eigenvalue weighted by Crippen LogP contribution is -2.23. The summed E-state index contributed by atoms with van der Waals surface area (Å²) in [7, 11) is 0. The van der Waals surface area contributed by atoms with E-state index in [1.165, 1.54) is 12.1 Å². The van der Waals surface area contributed by atoms with Crippen LogP contribution in [0.25, 0.3) is 0 Å². The molecule has 0 fully saturated rings. The molecule has 0 aliphatic rings. The summed E-state index contributed by atoms with van der Waals surface area (Å²) in [6.07, 6.45) is 3.60.